The molecule has 2 nitrogen and oxygen atoms in total. The molecule has 0 amide bonds. The molecule has 2 rings (SSSR count). The maximum absolute atomic E-state index is 12.6. The predicted molar refractivity (Wildman–Crippen MR) is 70.6 cm³/mol. The minimum Gasteiger partial charge on any atom is -0.330 e. The first kappa shape index (κ1) is 13.1. The smallest absolute Gasteiger partial charge is 0.139 e. The molecule has 2 atom stereocenters. The lowest BCUT2D eigenvalue weighted by Gasteiger charge is -2.34. The zero-order valence-electron chi connectivity index (χ0n) is 11.2. The second-order valence-electron chi connectivity index (χ2n) is 6.25. The summed E-state index contributed by atoms with van der Waals surface area (Å²) in [6.07, 6.45) is 9.54. The molecule has 0 aromatic carbocycles. The van der Waals surface area contributed by atoms with Gasteiger partial charge < -0.3 is 5.73 Å². The van der Waals surface area contributed by atoms with Crippen LogP contribution in [0.3, 0.4) is 0 Å². The highest BCUT2D eigenvalue weighted by atomic mass is 16.1. The van der Waals surface area contributed by atoms with Crippen molar-refractivity contribution >= 4 is 5.78 Å². The highest BCUT2D eigenvalue weighted by Gasteiger charge is 2.35. The van der Waals surface area contributed by atoms with Gasteiger partial charge in [0.1, 0.15) is 5.78 Å². The van der Waals surface area contributed by atoms with Crippen molar-refractivity contribution in [1.29, 1.82) is 0 Å². The van der Waals surface area contributed by atoms with Gasteiger partial charge in [0.25, 0.3) is 0 Å². The Morgan fingerprint density at radius 2 is 1.71 bits per heavy atom. The van der Waals surface area contributed by atoms with E-state index in [2.05, 4.69) is 6.92 Å². The van der Waals surface area contributed by atoms with Gasteiger partial charge in [-0.05, 0) is 44.1 Å². The summed E-state index contributed by atoms with van der Waals surface area (Å²) in [6, 6.07) is 0. The largest absolute Gasteiger partial charge is 0.330 e. The molecule has 2 heteroatoms. The monoisotopic (exact) mass is 237 g/mol. The van der Waals surface area contributed by atoms with Gasteiger partial charge >= 0.3 is 0 Å². The molecule has 2 aliphatic rings. The van der Waals surface area contributed by atoms with E-state index in [1.54, 1.807) is 0 Å². The molecule has 0 heterocycles. The molecule has 0 aromatic rings. The standard InChI is InChI=1S/C15H27NO/c1-11-6-8-12(9-7-11)15(17)14-5-3-2-4-13(14)10-16/h11-14H,2-10,16H2,1H3. The average Bonchev–Trinajstić information content (AvgIpc) is 2.39. The fourth-order valence-corrected chi connectivity index (χ4v) is 3.71. The Morgan fingerprint density at radius 3 is 2.35 bits per heavy atom. The van der Waals surface area contributed by atoms with Crippen molar-refractivity contribution < 1.29 is 4.79 Å². The van der Waals surface area contributed by atoms with Gasteiger partial charge in [-0.2, -0.15) is 0 Å². The van der Waals surface area contributed by atoms with E-state index in [1.165, 1.54) is 32.1 Å². The van der Waals surface area contributed by atoms with Crippen LogP contribution in [-0.4, -0.2) is 12.3 Å². The molecule has 0 radical (unpaired) electrons. The van der Waals surface area contributed by atoms with E-state index < -0.39 is 0 Å². The molecule has 2 saturated carbocycles. The van der Waals surface area contributed by atoms with Crippen LogP contribution in [-0.2, 0) is 4.79 Å². The number of carbonyl (C=O) groups is 1. The predicted octanol–water partition coefficient (Wildman–Crippen LogP) is 3.15. The van der Waals surface area contributed by atoms with E-state index in [1.807, 2.05) is 0 Å². The van der Waals surface area contributed by atoms with Crippen LogP contribution in [0.2, 0.25) is 0 Å². The first-order valence-corrected chi connectivity index (χ1v) is 7.46. The minimum absolute atomic E-state index is 0.298. The molecule has 2 unspecified atom stereocenters. The third-order valence-corrected chi connectivity index (χ3v) is 5.00. The normalized spacial score (nSPS) is 38.9. The van der Waals surface area contributed by atoms with Crippen LogP contribution in [0.5, 0.6) is 0 Å². The lowest BCUT2D eigenvalue weighted by molar-refractivity contribution is -0.130. The number of nitrogens with two attached hydrogens (primary N) is 1. The Bertz CT molecular complexity index is 256. The van der Waals surface area contributed by atoms with Gasteiger partial charge in [0, 0.05) is 11.8 Å². The number of ketones is 1. The Labute approximate surface area is 105 Å². The minimum atomic E-state index is 0.298. The number of hydrogen-bond acceptors (Lipinski definition) is 2. The molecule has 0 saturated heterocycles. The van der Waals surface area contributed by atoms with Crippen LogP contribution in [0, 0.1) is 23.7 Å². The highest BCUT2D eigenvalue weighted by molar-refractivity contribution is 5.83. The molecule has 0 spiro atoms. The van der Waals surface area contributed by atoms with E-state index in [4.69, 9.17) is 5.73 Å². The number of rotatable bonds is 3. The van der Waals surface area contributed by atoms with Crippen LogP contribution in [0.25, 0.3) is 0 Å². The maximum atomic E-state index is 12.6. The van der Waals surface area contributed by atoms with Crippen LogP contribution < -0.4 is 5.73 Å². The summed E-state index contributed by atoms with van der Waals surface area (Å²) in [6.45, 7) is 3.02. The van der Waals surface area contributed by atoms with E-state index >= 15 is 0 Å². The fraction of sp³-hybridized carbons (Fsp3) is 0.933. The Kier molecular flexibility index (Phi) is 4.61. The van der Waals surface area contributed by atoms with Gasteiger partial charge in [-0.3, -0.25) is 4.79 Å². The van der Waals surface area contributed by atoms with Gasteiger partial charge in [-0.1, -0.05) is 32.6 Å². The van der Waals surface area contributed by atoms with Crippen molar-refractivity contribution in [3.8, 4) is 0 Å². The van der Waals surface area contributed by atoms with Crippen LogP contribution in [0.4, 0.5) is 0 Å². The molecule has 2 fully saturated rings. The lowest BCUT2D eigenvalue weighted by Crippen LogP contribution is -2.36. The number of carbonyl (C=O) groups excluding carboxylic acids is 1. The van der Waals surface area contributed by atoms with Gasteiger partial charge in [0.15, 0.2) is 0 Å². The van der Waals surface area contributed by atoms with Gasteiger partial charge in [0.2, 0.25) is 0 Å². The first-order chi connectivity index (χ1) is 8.22. The molecule has 0 aliphatic heterocycles. The fourth-order valence-electron chi connectivity index (χ4n) is 3.71. The topological polar surface area (TPSA) is 43.1 Å². The number of Topliss-reactive ketones (excluding diaryl/α,β-unsaturated/α-hetero) is 1. The molecule has 98 valence electrons. The summed E-state index contributed by atoms with van der Waals surface area (Å²) >= 11 is 0. The molecule has 0 aromatic heterocycles. The second-order valence-corrected chi connectivity index (χ2v) is 6.25. The van der Waals surface area contributed by atoms with Crippen molar-refractivity contribution in [3.63, 3.8) is 0 Å². The molecular weight excluding hydrogens is 210 g/mol. The Balaban J connectivity index is 1.93. The zero-order chi connectivity index (χ0) is 12.3. The Hall–Kier alpha value is -0.370. The average molecular weight is 237 g/mol. The van der Waals surface area contributed by atoms with Crippen molar-refractivity contribution in [2.24, 2.45) is 29.4 Å². The van der Waals surface area contributed by atoms with Gasteiger partial charge in [-0.25, -0.2) is 0 Å². The van der Waals surface area contributed by atoms with Gasteiger partial charge in [-0.15, -0.1) is 0 Å². The SMILES string of the molecule is CC1CCC(C(=O)C2CCCCC2CN)CC1. The summed E-state index contributed by atoms with van der Waals surface area (Å²) in [5.74, 6) is 2.54. The number of hydrogen-bond donors (Lipinski definition) is 1. The summed E-state index contributed by atoms with van der Waals surface area (Å²) in [5, 5.41) is 0. The van der Waals surface area contributed by atoms with Crippen LogP contribution >= 0.6 is 0 Å². The van der Waals surface area contributed by atoms with Crippen LogP contribution in [0.15, 0.2) is 0 Å². The maximum Gasteiger partial charge on any atom is 0.139 e. The third kappa shape index (κ3) is 3.09. The first-order valence-electron chi connectivity index (χ1n) is 7.46. The van der Waals surface area contributed by atoms with Gasteiger partial charge in [0.05, 0.1) is 0 Å². The van der Waals surface area contributed by atoms with E-state index in [0.29, 0.717) is 30.1 Å². The van der Waals surface area contributed by atoms with Crippen molar-refractivity contribution in [1.82, 2.24) is 0 Å². The molecule has 17 heavy (non-hydrogen) atoms. The summed E-state index contributed by atoms with van der Waals surface area (Å²) < 4.78 is 0. The van der Waals surface area contributed by atoms with Crippen molar-refractivity contribution in [2.75, 3.05) is 6.54 Å². The van der Waals surface area contributed by atoms with E-state index in [9.17, 15) is 4.79 Å². The molecule has 2 aliphatic carbocycles. The van der Waals surface area contributed by atoms with Crippen molar-refractivity contribution in [3.05, 3.63) is 0 Å². The lowest BCUT2D eigenvalue weighted by atomic mass is 9.70. The summed E-state index contributed by atoms with van der Waals surface area (Å²) in [5.41, 5.74) is 5.83. The zero-order valence-corrected chi connectivity index (χ0v) is 11.2. The van der Waals surface area contributed by atoms with Crippen LogP contribution in [0.1, 0.15) is 58.3 Å². The van der Waals surface area contributed by atoms with E-state index in [-0.39, 0.29) is 0 Å². The quantitative estimate of drug-likeness (QED) is 0.819. The molecule has 0 bridgehead atoms. The highest BCUT2D eigenvalue weighted by Crippen LogP contribution is 2.36. The Morgan fingerprint density at radius 1 is 1.06 bits per heavy atom. The molecular formula is C15H27NO. The second kappa shape index (κ2) is 5.99. The summed E-state index contributed by atoms with van der Waals surface area (Å²) in [4.78, 5) is 12.6. The molecule has 2 N–H and O–H groups in total. The van der Waals surface area contributed by atoms with Crippen molar-refractivity contribution in [2.45, 2.75) is 58.3 Å². The third-order valence-electron chi connectivity index (χ3n) is 5.00. The summed E-state index contributed by atoms with van der Waals surface area (Å²) in [7, 11) is 0. The van der Waals surface area contributed by atoms with E-state index in [0.717, 1.165) is 25.2 Å².